The summed E-state index contributed by atoms with van der Waals surface area (Å²) < 4.78 is 2.30. The second kappa shape index (κ2) is 7.78. The van der Waals surface area contributed by atoms with Crippen LogP contribution in [0.25, 0.3) is 39.0 Å². The third-order valence-electron chi connectivity index (χ3n) is 5.44. The van der Waals surface area contributed by atoms with Crippen LogP contribution in [0.4, 0.5) is 0 Å². The number of hydrogen-bond acceptors (Lipinski definition) is 0. The van der Waals surface area contributed by atoms with Crippen molar-refractivity contribution < 1.29 is 4.40 Å². The van der Waals surface area contributed by atoms with Crippen molar-refractivity contribution in [1.29, 1.82) is 0 Å². The molecule has 2 heteroatoms. The summed E-state index contributed by atoms with van der Waals surface area (Å²) in [7, 11) is 0. The first-order chi connectivity index (χ1) is 14.7. The summed E-state index contributed by atoms with van der Waals surface area (Å²) in [6, 6.07) is 36.0. The number of benzene rings is 3. The molecule has 0 unspecified atom stereocenters. The van der Waals surface area contributed by atoms with Gasteiger partial charge in [-0.05, 0) is 47.9 Å². The molecule has 1 nitrogen and oxygen atoms in total. The molecule has 0 saturated heterocycles. The van der Waals surface area contributed by atoms with E-state index in [0.29, 0.717) is 0 Å². The lowest BCUT2D eigenvalue weighted by Crippen LogP contribution is -2.26. The van der Waals surface area contributed by atoms with Gasteiger partial charge >= 0.3 is 0 Å². The van der Waals surface area contributed by atoms with Crippen LogP contribution in [0.15, 0.2) is 109 Å². The van der Waals surface area contributed by atoms with Crippen molar-refractivity contribution in [2.24, 2.45) is 0 Å². The van der Waals surface area contributed by atoms with Crippen molar-refractivity contribution >= 4 is 17.1 Å². The molecule has 3 aromatic carbocycles. The Hall–Kier alpha value is -3.42. The smallest absolute Gasteiger partial charge is 0.159 e. The second-order valence-electron chi connectivity index (χ2n) is 7.52. The van der Waals surface area contributed by atoms with Crippen molar-refractivity contribution in [2.45, 2.75) is 6.92 Å². The molecule has 0 aliphatic heterocycles. The molecular formula is C28H21ClN+. The average Bonchev–Trinajstić information content (AvgIpc) is 2.79. The SMILES string of the molecule is Cc1cc[n+]2c(-c3ccccc3)c(-c3ccccc3)c(-c3ccc(Cl)cc3)cc2c1. The Morgan fingerprint density at radius 3 is 1.93 bits per heavy atom. The van der Waals surface area contributed by atoms with E-state index >= 15 is 0 Å². The monoisotopic (exact) mass is 406 g/mol. The maximum absolute atomic E-state index is 6.19. The molecule has 30 heavy (non-hydrogen) atoms. The minimum Gasteiger partial charge on any atom is -0.159 e. The number of aromatic nitrogens is 1. The molecule has 144 valence electrons. The highest BCUT2D eigenvalue weighted by molar-refractivity contribution is 6.30. The molecule has 0 amide bonds. The van der Waals surface area contributed by atoms with Crippen LogP contribution in [0.2, 0.25) is 5.02 Å². The minimum absolute atomic E-state index is 0.745. The van der Waals surface area contributed by atoms with Crippen LogP contribution in [-0.4, -0.2) is 0 Å². The van der Waals surface area contributed by atoms with Crippen LogP contribution < -0.4 is 4.40 Å². The summed E-state index contributed by atoms with van der Waals surface area (Å²) in [6.07, 6.45) is 2.17. The van der Waals surface area contributed by atoms with Gasteiger partial charge in [0.1, 0.15) is 0 Å². The zero-order chi connectivity index (χ0) is 20.5. The first-order valence-corrected chi connectivity index (χ1v) is 10.4. The van der Waals surface area contributed by atoms with Crippen molar-refractivity contribution in [3.63, 3.8) is 0 Å². The molecule has 2 aromatic heterocycles. The largest absolute Gasteiger partial charge is 0.226 e. The van der Waals surface area contributed by atoms with E-state index in [9.17, 15) is 0 Å². The first-order valence-electron chi connectivity index (χ1n) is 10.1. The lowest BCUT2D eigenvalue weighted by atomic mass is 9.90. The van der Waals surface area contributed by atoms with Crippen LogP contribution in [0.5, 0.6) is 0 Å². The number of halogens is 1. The molecule has 0 saturated carbocycles. The molecule has 0 radical (unpaired) electrons. The van der Waals surface area contributed by atoms with Gasteiger partial charge in [-0.1, -0.05) is 72.3 Å². The Morgan fingerprint density at radius 1 is 0.633 bits per heavy atom. The number of pyridine rings is 2. The molecule has 0 atom stereocenters. The van der Waals surface area contributed by atoms with Gasteiger partial charge in [0.05, 0.1) is 5.56 Å². The third-order valence-corrected chi connectivity index (χ3v) is 5.70. The molecule has 0 aliphatic carbocycles. The first kappa shape index (κ1) is 18.6. The van der Waals surface area contributed by atoms with Gasteiger partial charge in [-0.25, -0.2) is 0 Å². The predicted molar refractivity (Wildman–Crippen MR) is 126 cm³/mol. The summed E-state index contributed by atoms with van der Waals surface area (Å²) in [5, 5.41) is 0.745. The van der Waals surface area contributed by atoms with Gasteiger partial charge in [0.25, 0.3) is 0 Å². The van der Waals surface area contributed by atoms with E-state index in [1.165, 1.54) is 39.0 Å². The Balaban J connectivity index is 1.96. The number of nitrogens with zero attached hydrogens (tertiary/aromatic N) is 1. The van der Waals surface area contributed by atoms with Gasteiger partial charge in [0, 0.05) is 34.3 Å². The highest BCUT2D eigenvalue weighted by Gasteiger charge is 2.24. The zero-order valence-corrected chi connectivity index (χ0v) is 17.5. The Labute approximate surface area is 181 Å². The molecule has 0 aliphatic rings. The topological polar surface area (TPSA) is 4.10 Å². The maximum atomic E-state index is 6.19. The third kappa shape index (κ3) is 3.38. The lowest BCUT2D eigenvalue weighted by Gasteiger charge is -2.14. The average molecular weight is 407 g/mol. The Kier molecular flexibility index (Phi) is 4.82. The normalized spacial score (nSPS) is 11.0. The molecule has 0 fully saturated rings. The van der Waals surface area contributed by atoms with Gasteiger partial charge in [-0.2, -0.15) is 4.40 Å². The van der Waals surface area contributed by atoms with Crippen LogP contribution in [0, 0.1) is 6.92 Å². The van der Waals surface area contributed by atoms with Gasteiger partial charge < -0.3 is 0 Å². The summed E-state index contributed by atoms with van der Waals surface area (Å²) in [4.78, 5) is 0. The van der Waals surface area contributed by atoms with E-state index in [1.807, 2.05) is 12.1 Å². The van der Waals surface area contributed by atoms with Crippen LogP contribution >= 0.6 is 11.6 Å². The minimum atomic E-state index is 0.745. The van der Waals surface area contributed by atoms with Gasteiger partial charge in [0.15, 0.2) is 6.20 Å². The molecule has 5 aromatic rings. The van der Waals surface area contributed by atoms with E-state index in [1.54, 1.807) is 0 Å². The molecular weight excluding hydrogens is 386 g/mol. The maximum Gasteiger partial charge on any atom is 0.226 e. The highest BCUT2D eigenvalue weighted by atomic mass is 35.5. The lowest BCUT2D eigenvalue weighted by molar-refractivity contribution is -0.499. The molecule has 0 bridgehead atoms. The number of aryl methyl sites for hydroxylation is 1. The standard InChI is InChI=1S/C28H21ClN/c1-20-16-17-30-25(18-20)19-26(21-12-14-24(29)15-13-21)27(22-8-4-2-5-9-22)28(30)23-10-6-3-7-11-23/h2-19H,1H3/q+1. The number of hydrogen-bond donors (Lipinski definition) is 0. The Morgan fingerprint density at radius 2 is 1.27 bits per heavy atom. The fraction of sp³-hybridized carbons (Fsp3) is 0.0357. The van der Waals surface area contributed by atoms with E-state index in [2.05, 4.69) is 109 Å². The number of fused-ring (bicyclic) bond motifs is 1. The van der Waals surface area contributed by atoms with Gasteiger partial charge in [-0.3, -0.25) is 0 Å². The van der Waals surface area contributed by atoms with Crippen molar-refractivity contribution in [2.75, 3.05) is 0 Å². The van der Waals surface area contributed by atoms with Crippen molar-refractivity contribution in [3.05, 3.63) is 120 Å². The van der Waals surface area contributed by atoms with Crippen molar-refractivity contribution in [3.8, 4) is 33.5 Å². The quantitative estimate of drug-likeness (QED) is 0.275. The van der Waals surface area contributed by atoms with Gasteiger partial charge in [-0.15, -0.1) is 0 Å². The fourth-order valence-electron chi connectivity index (χ4n) is 4.05. The predicted octanol–water partition coefficient (Wildman–Crippen LogP) is 7.39. The van der Waals surface area contributed by atoms with Crippen LogP contribution in [-0.2, 0) is 0 Å². The molecule has 0 N–H and O–H groups in total. The summed E-state index contributed by atoms with van der Waals surface area (Å²) in [5.41, 5.74) is 9.53. The Bertz CT molecular complexity index is 1320. The number of rotatable bonds is 3. The highest BCUT2D eigenvalue weighted by Crippen LogP contribution is 2.39. The fourth-order valence-corrected chi connectivity index (χ4v) is 4.17. The summed E-state index contributed by atoms with van der Waals surface area (Å²) in [5.74, 6) is 0. The van der Waals surface area contributed by atoms with E-state index in [4.69, 9.17) is 11.6 Å². The van der Waals surface area contributed by atoms with Crippen molar-refractivity contribution in [1.82, 2.24) is 0 Å². The van der Waals surface area contributed by atoms with Crippen LogP contribution in [0.1, 0.15) is 5.56 Å². The molecule has 2 heterocycles. The second-order valence-corrected chi connectivity index (χ2v) is 7.96. The summed E-state index contributed by atoms with van der Waals surface area (Å²) in [6.45, 7) is 2.13. The van der Waals surface area contributed by atoms with E-state index in [0.717, 1.165) is 10.6 Å². The summed E-state index contributed by atoms with van der Waals surface area (Å²) >= 11 is 6.19. The molecule has 5 rings (SSSR count). The van der Waals surface area contributed by atoms with Gasteiger partial charge in [0.2, 0.25) is 11.2 Å². The zero-order valence-electron chi connectivity index (χ0n) is 16.7. The molecule has 0 spiro atoms. The van der Waals surface area contributed by atoms with E-state index in [-0.39, 0.29) is 0 Å². The van der Waals surface area contributed by atoms with E-state index < -0.39 is 0 Å². The van der Waals surface area contributed by atoms with Crippen LogP contribution in [0.3, 0.4) is 0 Å².